The average Bonchev–Trinajstić information content (AvgIpc) is 3.24. The maximum absolute atomic E-state index is 12.5. The number of guanidine groups is 1. The fraction of sp³-hybridized carbons (Fsp3) is 0.455. The van der Waals surface area contributed by atoms with Gasteiger partial charge in [-0.15, -0.1) is 35.3 Å². The molecule has 8 heteroatoms. The lowest BCUT2D eigenvalue weighted by atomic mass is 10.1. The monoisotopic (exact) mass is 541 g/mol. The number of hydrogen-bond donors (Lipinski definition) is 2. The maximum atomic E-state index is 12.5. The number of carbonyl (C=O) groups is 1. The number of amides is 1. The summed E-state index contributed by atoms with van der Waals surface area (Å²) in [6, 6.07) is 12.6. The molecule has 1 aliphatic rings. The highest BCUT2D eigenvalue weighted by atomic mass is 127. The van der Waals surface area contributed by atoms with Crippen molar-refractivity contribution in [3.8, 4) is 0 Å². The summed E-state index contributed by atoms with van der Waals surface area (Å²) < 4.78 is 0. The summed E-state index contributed by atoms with van der Waals surface area (Å²) in [5.41, 5.74) is 2.54. The molecule has 1 aromatic carbocycles. The molecule has 2 heterocycles. The number of rotatable bonds is 8. The van der Waals surface area contributed by atoms with Gasteiger partial charge in [0.05, 0.1) is 6.54 Å². The lowest BCUT2D eigenvalue weighted by Gasteiger charge is -2.27. The van der Waals surface area contributed by atoms with E-state index in [1.165, 1.54) is 16.1 Å². The molecular weight excluding hydrogens is 509 g/mol. The second-order valence-electron chi connectivity index (χ2n) is 7.06. The molecule has 3 rings (SSSR count). The molecule has 0 bridgehead atoms. The van der Waals surface area contributed by atoms with E-state index in [0.29, 0.717) is 5.96 Å². The van der Waals surface area contributed by atoms with Crippen LogP contribution in [0.2, 0.25) is 0 Å². The summed E-state index contributed by atoms with van der Waals surface area (Å²) in [4.78, 5) is 22.5. The number of thiophene rings is 1. The van der Waals surface area contributed by atoms with Crippen LogP contribution in [-0.4, -0.2) is 56.5 Å². The average molecular weight is 542 g/mol. The molecule has 1 aliphatic heterocycles. The number of halogens is 1. The second kappa shape index (κ2) is 12.8. The van der Waals surface area contributed by atoms with Crippen LogP contribution in [-0.2, 0) is 17.8 Å². The molecule has 30 heavy (non-hydrogen) atoms. The molecule has 0 radical (unpaired) electrons. The molecular formula is C22H32IN5OS. The van der Waals surface area contributed by atoms with Crippen molar-refractivity contribution < 1.29 is 4.79 Å². The van der Waals surface area contributed by atoms with Gasteiger partial charge in [0.25, 0.3) is 0 Å². The SMILES string of the molecule is CCN(CCCNC(=NC)NCC(=O)N1CCc2sccc2C1)c1ccccc1.I. The summed E-state index contributed by atoms with van der Waals surface area (Å²) in [5, 5.41) is 8.58. The highest BCUT2D eigenvalue weighted by Crippen LogP contribution is 2.23. The Labute approximate surface area is 200 Å². The van der Waals surface area contributed by atoms with Crippen LogP contribution < -0.4 is 15.5 Å². The van der Waals surface area contributed by atoms with Gasteiger partial charge in [0.1, 0.15) is 0 Å². The highest BCUT2D eigenvalue weighted by molar-refractivity contribution is 14.0. The standard InChI is InChI=1S/C22H31N5OS.HI/c1-3-26(19-8-5-4-6-9-19)13-7-12-24-22(23-2)25-16-21(28)27-14-10-20-18(17-27)11-15-29-20;/h4-6,8-9,11,15H,3,7,10,12-14,16-17H2,1-2H3,(H2,23,24,25);1H. The molecule has 2 N–H and O–H groups in total. The third kappa shape index (κ3) is 6.87. The Bertz CT molecular complexity index is 811. The van der Waals surface area contributed by atoms with E-state index in [2.05, 4.69) is 63.2 Å². The fourth-order valence-corrected chi connectivity index (χ4v) is 4.43. The van der Waals surface area contributed by atoms with Crippen LogP contribution in [0.4, 0.5) is 5.69 Å². The molecule has 6 nitrogen and oxygen atoms in total. The fourth-order valence-electron chi connectivity index (χ4n) is 3.54. The molecule has 0 unspecified atom stereocenters. The molecule has 1 amide bonds. The molecule has 0 atom stereocenters. The Kier molecular flexibility index (Phi) is 10.4. The Morgan fingerprint density at radius 2 is 2.03 bits per heavy atom. The topological polar surface area (TPSA) is 60.0 Å². The number of fused-ring (bicyclic) bond motifs is 1. The Hall–Kier alpha value is -1.81. The third-order valence-corrected chi connectivity index (χ3v) is 6.21. The van der Waals surface area contributed by atoms with Crippen LogP contribution in [0.1, 0.15) is 23.8 Å². The lowest BCUT2D eigenvalue weighted by molar-refractivity contribution is -0.130. The van der Waals surface area contributed by atoms with E-state index in [1.54, 1.807) is 18.4 Å². The minimum atomic E-state index is 0. The highest BCUT2D eigenvalue weighted by Gasteiger charge is 2.21. The first-order valence-corrected chi connectivity index (χ1v) is 11.2. The summed E-state index contributed by atoms with van der Waals surface area (Å²) in [5.74, 6) is 0.792. The molecule has 0 aliphatic carbocycles. The van der Waals surface area contributed by atoms with Gasteiger partial charge >= 0.3 is 0 Å². The van der Waals surface area contributed by atoms with E-state index >= 15 is 0 Å². The van der Waals surface area contributed by atoms with Gasteiger partial charge in [0.2, 0.25) is 5.91 Å². The van der Waals surface area contributed by atoms with E-state index < -0.39 is 0 Å². The van der Waals surface area contributed by atoms with Gasteiger partial charge in [-0.05, 0) is 48.9 Å². The smallest absolute Gasteiger partial charge is 0.242 e. The van der Waals surface area contributed by atoms with Gasteiger partial charge in [-0.1, -0.05) is 18.2 Å². The van der Waals surface area contributed by atoms with Crippen molar-refractivity contribution in [2.75, 3.05) is 44.7 Å². The largest absolute Gasteiger partial charge is 0.372 e. The van der Waals surface area contributed by atoms with Crippen molar-refractivity contribution in [3.05, 3.63) is 52.2 Å². The Morgan fingerprint density at radius 1 is 1.23 bits per heavy atom. The second-order valence-corrected chi connectivity index (χ2v) is 8.06. The van der Waals surface area contributed by atoms with Gasteiger partial charge in [-0.2, -0.15) is 0 Å². The van der Waals surface area contributed by atoms with Crippen molar-refractivity contribution in [1.82, 2.24) is 15.5 Å². The number of aliphatic imine (C=N–C) groups is 1. The minimum absolute atomic E-state index is 0. The Morgan fingerprint density at radius 3 is 2.77 bits per heavy atom. The van der Waals surface area contributed by atoms with Crippen molar-refractivity contribution in [1.29, 1.82) is 0 Å². The van der Waals surface area contributed by atoms with Gasteiger partial charge in [0.15, 0.2) is 5.96 Å². The van der Waals surface area contributed by atoms with E-state index in [0.717, 1.165) is 45.6 Å². The zero-order valence-electron chi connectivity index (χ0n) is 17.8. The molecule has 0 spiro atoms. The molecule has 0 saturated carbocycles. The maximum Gasteiger partial charge on any atom is 0.242 e. The Balaban J connectivity index is 0.00000320. The first kappa shape index (κ1) is 24.5. The van der Waals surface area contributed by atoms with Crippen LogP contribution in [0.3, 0.4) is 0 Å². The molecule has 1 aromatic heterocycles. The number of para-hydroxylation sites is 1. The van der Waals surface area contributed by atoms with Crippen molar-refractivity contribution in [2.45, 2.75) is 26.3 Å². The van der Waals surface area contributed by atoms with E-state index in [1.807, 2.05) is 11.0 Å². The number of carbonyl (C=O) groups excluding carboxylic acids is 1. The van der Waals surface area contributed by atoms with Crippen LogP contribution in [0.15, 0.2) is 46.8 Å². The van der Waals surface area contributed by atoms with Crippen molar-refractivity contribution >= 4 is 52.9 Å². The number of nitrogens with one attached hydrogen (secondary N) is 2. The van der Waals surface area contributed by atoms with E-state index in [-0.39, 0.29) is 36.4 Å². The molecule has 0 saturated heterocycles. The minimum Gasteiger partial charge on any atom is -0.372 e. The van der Waals surface area contributed by atoms with Crippen LogP contribution in [0.5, 0.6) is 0 Å². The third-order valence-electron chi connectivity index (χ3n) is 5.19. The zero-order chi connectivity index (χ0) is 20.5. The van der Waals surface area contributed by atoms with Gasteiger partial charge in [-0.25, -0.2) is 0 Å². The summed E-state index contributed by atoms with van der Waals surface area (Å²) in [6.07, 6.45) is 1.95. The van der Waals surface area contributed by atoms with Crippen molar-refractivity contribution in [2.24, 2.45) is 4.99 Å². The first-order chi connectivity index (χ1) is 14.2. The summed E-state index contributed by atoms with van der Waals surface area (Å²) >= 11 is 1.79. The normalized spacial score (nSPS) is 13.3. The van der Waals surface area contributed by atoms with Crippen molar-refractivity contribution in [3.63, 3.8) is 0 Å². The summed E-state index contributed by atoms with van der Waals surface area (Å²) in [7, 11) is 1.74. The number of nitrogens with zero attached hydrogens (tertiary/aromatic N) is 3. The molecule has 0 fully saturated rings. The van der Waals surface area contributed by atoms with E-state index in [4.69, 9.17) is 0 Å². The first-order valence-electron chi connectivity index (χ1n) is 10.3. The van der Waals surface area contributed by atoms with Gasteiger partial charge in [0, 0.05) is 50.3 Å². The van der Waals surface area contributed by atoms with Gasteiger partial charge < -0.3 is 20.4 Å². The number of benzene rings is 1. The lowest BCUT2D eigenvalue weighted by Crippen LogP contribution is -2.46. The van der Waals surface area contributed by atoms with Gasteiger partial charge in [-0.3, -0.25) is 9.79 Å². The quantitative estimate of drug-likeness (QED) is 0.233. The zero-order valence-corrected chi connectivity index (χ0v) is 20.9. The number of anilines is 1. The molecule has 2 aromatic rings. The number of hydrogen-bond acceptors (Lipinski definition) is 4. The van der Waals surface area contributed by atoms with Crippen LogP contribution >= 0.6 is 35.3 Å². The predicted octanol–water partition coefficient (Wildman–Crippen LogP) is 3.33. The van der Waals surface area contributed by atoms with Crippen LogP contribution in [0, 0.1) is 0 Å². The van der Waals surface area contributed by atoms with E-state index in [9.17, 15) is 4.79 Å². The van der Waals surface area contributed by atoms with Crippen LogP contribution in [0.25, 0.3) is 0 Å². The summed E-state index contributed by atoms with van der Waals surface area (Å²) in [6.45, 7) is 6.72. The molecule has 164 valence electrons. The predicted molar refractivity (Wildman–Crippen MR) is 137 cm³/mol.